The van der Waals surface area contributed by atoms with Gasteiger partial charge in [0.25, 0.3) is 5.91 Å². The third-order valence-electron chi connectivity index (χ3n) is 4.41. The van der Waals surface area contributed by atoms with E-state index in [4.69, 9.17) is 11.6 Å². The molecule has 150 valence electrons. The lowest BCUT2D eigenvalue weighted by atomic mass is 10.2. The molecule has 6 nitrogen and oxygen atoms in total. The molecule has 0 aliphatic carbocycles. The molecule has 28 heavy (non-hydrogen) atoms. The number of nitrogens with zero attached hydrogens (tertiary/aromatic N) is 4. The van der Waals surface area contributed by atoms with Crippen LogP contribution in [0.2, 0.25) is 5.02 Å². The van der Waals surface area contributed by atoms with E-state index in [0.29, 0.717) is 49.9 Å². The Morgan fingerprint density at radius 1 is 1.11 bits per heavy atom. The van der Waals surface area contributed by atoms with Gasteiger partial charge in [-0.3, -0.25) is 9.69 Å². The zero-order chi connectivity index (χ0) is 20.1. The number of halogens is 4. The summed E-state index contributed by atoms with van der Waals surface area (Å²) < 4.78 is 38.4. The van der Waals surface area contributed by atoms with Gasteiger partial charge in [0.05, 0.1) is 0 Å². The predicted molar refractivity (Wildman–Crippen MR) is 99.5 cm³/mol. The van der Waals surface area contributed by atoms with Crippen molar-refractivity contribution in [1.29, 1.82) is 0 Å². The van der Waals surface area contributed by atoms with Gasteiger partial charge in [0, 0.05) is 56.1 Å². The van der Waals surface area contributed by atoms with Crippen molar-refractivity contribution in [2.24, 2.45) is 0 Å². The number of hydrogen-bond donors (Lipinski definition) is 1. The molecule has 1 aliphatic heterocycles. The molecular weight excluding hydrogens is 395 g/mol. The monoisotopic (exact) mass is 413 g/mol. The second-order valence-corrected chi connectivity index (χ2v) is 6.77. The van der Waals surface area contributed by atoms with Gasteiger partial charge in [-0.15, -0.1) is 0 Å². The Labute approximate surface area is 165 Å². The minimum Gasteiger partial charge on any atom is -0.351 e. The molecule has 1 N–H and O–H groups in total. The van der Waals surface area contributed by atoms with E-state index in [1.807, 2.05) is 0 Å². The van der Waals surface area contributed by atoms with E-state index in [0.717, 1.165) is 12.3 Å². The first-order valence-corrected chi connectivity index (χ1v) is 9.12. The second kappa shape index (κ2) is 8.74. The Hall–Kier alpha value is -2.39. The molecule has 1 aromatic carbocycles. The van der Waals surface area contributed by atoms with Gasteiger partial charge in [0.1, 0.15) is 5.69 Å². The maximum absolute atomic E-state index is 12.8. The van der Waals surface area contributed by atoms with Crippen molar-refractivity contribution in [3.05, 3.63) is 52.8 Å². The van der Waals surface area contributed by atoms with Crippen LogP contribution in [0.25, 0.3) is 0 Å². The molecule has 0 atom stereocenters. The standard InChI is InChI=1S/C18H19ClF3N5O/c19-14-3-1-13(2-4-14)16(28)23-7-8-26-9-11-27(12-10-26)17-24-6-5-15(25-17)18(20,21)22/h1-6H,7-12H2,(H,23,28). The Morgan fingerprint density at radius 3 is 2.43 bits per heavy atom. The van der Waals surface area contributed by atoms with E-state index in [-0.39, 0.29) is 11.9 Å². The summed E-state index contributed by atoms with van der Waals surface area (Å²) in [7, 11) is 0. The summed E-state index contributed by atoms with van der Waals surface area (Å²) in [4.78, 5) is 23.5. The highest BCUT2D eigenvalue weighted by molar-refractivity contribution is 6.30. The third kappa shape index (κ3) is 5.32. The number of carbonyl (C=O) groups is 1. The van der Waals surface area contributed by atoms with Crippen LogP contribution in [0.4, 0.5) is 19.1 Å². The Morgan fingerprint density at radius 2 is 1.79 bits per heavy atom. The zero-order valence-electron chi connectivity index (χ0n) is 14.9. The molecule has 2 heterocycles. The van der Waals surface area contributed by atoms with Crippen LogP contribution in [0, 0.1) is 0 Å². The minimum atomic E-state index is -4.48. The van der Waals surface area contributed by atoms with E-state index in [1.165, 1.54) is 0 Å². The van der Waals surface area contributed by atoms with Gasteiger partial charge in [-0.1, -0.05) is 11.6 Å². The Balaban J connectivity index is 1.44. The summed E-state index contributed by atoms with van der Waals surface area (Å²) in [6.45, 7) is 3.46. The normalized spacial score (nSPS) is 15.5. The first-order chi connectivity index (χ1) is 13.3. The van der Waals surface area contributed by atoms with Crippen LogP contribution in [-0.4, -0.2) is 60.0 Å². The largest absolute Gasteiger partial charge is 0.433 e. The molecule has 1 aliphatic rings. The second-order valence-electron chi connectivity index (χ2n) is 6.33. The van der Waals surface area contributed by atoms with Crippen molar-refractivity contribution >= 4 is 23.5 Å². The molecule has 1 aromatic heterocycles. The number of benzene rings is 1. The van der Waals surface area contributed by atoms with Crippen LogP contribution in [0.3, 0.4) is 0 Å². The van der Waals surface area contributed by atoms with E-state index in [1.54, 1.807) is 29.2 Å². The average molecular weight is 414 g/mol. The van der Waals surface area contributed by atoms with E-state index >= 15 is 0 Å². The SMILES string of the molecule is O=C(NCCN1CCN(c2nccc(C(F)(F)F)n2)CC1)c1ccc(Cl)cc1. The average Bonchev–Trinajstić information content (AvgIpc) is 2.68. The topological polar surface area (TPSA) is 61.4 Å². The summed E-state index contributed by atoms with van der Waals surface area (Å²) in [6.07, 6.45) is -3.36. The van der Waals surface area contributed by atoms with Crippen LogP contribution in [-0.2, 0) is 6.18 Å². The lowest BCUT2D eigenvalue weighted by Gasteiger charge is -2.34. The molecule has 0 saturated carbocycles. The van der Waals surface area contributed by atoms with Crippen LogP contribution in [0.1, 0.15) is 16.1 Å². The molecule has 10 heteroatoms. The van der Waals surface area contributed by atoms with Crippen molar-refractivity contribution in [3.63, 3.8) is 0 Å². The number of anilines is 1. The van der Waals surface area contributed by atoms with Crippen molar-refractivity contribution in [3.8, 4) is 0 Å². The quantitative estimate of drug-likeness (QED) is 0.816. The lowest BCUT2D eigenvalue weighted by Crippen LogP contribution is -2.49. The van der Waals surface area contributed by atoms with Crippen molar-refractivity contribution in [2.75, 3.05) is 44.2 Å². The number of aromatic nitrogens is 2. The summed E-state index contributed by atoms with van der Waals surface area (Å²) >= 11 is 5.80. The van der Waals surface area contributed by atoms with Gasteiger partial charge in [0.15, 0.2) is 0 Å². The van der Waals surface area contributed by atoms with E-state index < -0.39 is 11.9 Å². The molecule has 0 spiro atoms. The molecule has 0 bridgehead atoms. The highest BCUT2D eigenvalue weighted by Crippen LogP contribution is 2.28. The minimum absolute atomic E-state index is 0.0884. The molecule has 1 fully saturated rings. The van der Waals surface area contributed by atoms with E-state index in [9.17, 15) is 18.0 Å². The zero-order valence-corrected chi connectivity index (χ0v) is 15.7. The number of rotatable bonds is 5. The van der Waals surface area contributed by atoms with Crippen LogP contribution >= 0.6 is 11.6 Å². The maximum Gasteiger partial charge on any atom is 0.433 e. The molecule has 3 rings (SSSR count). The molecule has 1 amide bonds. The lowest BCUT2D eigenvalue weighted by molar-refractivity contribution is -0.141. The first kappa shape index (κ1) is 20.3. The van der Waals surface area contributed by atoms with Crippen molar-refractivity contribution in [2.45, 2.75) is 6.18 Å². The molecule has 0 radical (unpaired) electrons. The van der Waals surface area contributed by atoms with Crippen LogP contribution in [0.15, 0.2) is 36.5 Å². The number of nitrogens with one attached hydrogen (secondary N) is 1. The summed E-state index contributed by atoms with van der Waals surface area (Å²) in [5, 5.41) is 3.41. The van der Waals surface area contributed by atoms with Crippen molar-refractivity contribution in [1.82, 2.24) is 20.2 Å². The number of hydrogen-bond acceptors (Lipinski definition) is 5. The van der Waals surface area contributed by atoms with Gasteiger partial charge in [-0.2, -0.15) is 13.2 Å². The molecule has 1 saturated heterocycles. The van der Waals surface area contributed by atoms with Crippen LogP contribution in [0.5, 0.6) is 0 Å². The smallest absolute Gasteiger partial charge is 0.351 e. The fraction of sp³-hybridized carbons (Fsp3) is 0.389. The number of piperazine rings is 1. The molecule has 0 unspecified atom stereocenters. The van der Waals surface area contributed by atoms with Gasteiger partial charge in [-0.05, 0) is 30.3 Å². The first-order valence-electron chi connectivity index (χ1n) is 8.74. The van der Waals surface area contributed by atoms with E-state index in [2.05, 4.69) is 20.2 Å². The molecule has 2 aromatic rings. The molecular formula is C18H19ClF3N5O. The highest BCUT2D eigenvalue weighted by Gasteiger charge is 2.33. The summed E-state index contributed by atoms with van der Waals surface area (Å²) in [5.41, 5.74) is -0.402. The number of amides is 1. The highest BCUT2D eigenvalue weighted by atomic mass is 35.5. The van der Waals surface area contributed by atoms with Gasteiger partial charge in [0.2, 0.25) is 5.95 Å². The fourth-order valence-electron chi connectivity index (χ4n) is 2.86. The number of carbonyl (C=O) groups excluding carboxylic acids is 1. The Bertz CT molecular complexity index is 808. The maximum atomic E-state index is 12.8. The fourth-order valence-corrected chi connectivity index (χ4v) is 2.99. The predicted octanol–water partition coefficient (Wildman–Crippen LogP) is 2.70. The number of alkyl halides is 3. The Kier molecular flexibility index (Phi) is 6.35. The third-order valence-corrected chi connectivity index (χ3v) is 4.66. The van der Waals surface area contributed by atoms with Gasteiger partial charge < -0.3 is 10.2 Å². The summed E-state index contributed by atoms with van der Waals surface area (Å²) in [6, 6.07) is 7.50. The van der Waals surface area contributed by atoms with Gasteiger partial charge in [-0.25, -0.2) is 9.97 Å². The summed E-state index contributed by atoms with van der Waals surface area (Å²) in [5.74, 6) is -0.0850. The van der Waals surface area contributed by atoms with Crippen molar-refractivity contribution < 1.29 is 18.0 Å². The van der Waals surface area contributed by atoms with Gasteiger partial charge >= 0.3 is 6.18 Å². The van der Waals surface area contributed by atoms with Crippen LogP contribution < -0.4 is 10.2 Å².